The first-order chi connectivity index (χ1) is 8.16. The number of carbonyl (C=O) groups is 1. The Labute approximate surface area is 115 Å². The second-order valence-corrected chi connectivity index (χ2v) is 5.49. The van der Waals surface area contributed by atoms with E-state index in [-0.39, 0.29) is 5.91 Å². The van der Waals surface area contributed by atoms with E-state index in [1.807, 2.05) is 36.1 Å². The minimum atomic E-state index is -0.395. The molecule has 4 heteroatoms. The molecule has 1 unspecified atom stereocenters. The maximum Gasteiger partial charge on any atom is 0.263 e. The van der Waals surface area contributed by atoms with Crippen LogP contribution in [0.5, 0.6) is 5.75 Å². The van der Waals surface area contributed by atoms with Gasteiger partial charge in [-0.2, -0.15) is 0 Å². The van der Waals surface area contributed by atoms with Crippen molar-refractivity contribution in [3.63, 3.8) is 0 Å². The predicted molar refractivity (Wildman–Crippen MR) is 75.1 cm³/mol. The van der Waals surface area contributed by atoms with Crippen LogP contribution < -0.4 is 4.74 Å². The van der Waals surface area contributed by atoms with Crippen molar-refractivity contribution in [2.75, 3.05) is 13.1 Å². The molecule has 1 aliphatic rings. The van der Waals surface area contributed by atoms with Crippen molar-refractivity contribution in [3.05, 3.63) is 27.8 Å². The Morgan fingerprint density at radius 1 is 1.29 bits per heavy atom. The smallest absolute Gasteiger partial charge is 0.263 e. The van der Waals surface area contributed by atoms with Crippen LogP contribution in [0.1, 0.15) is 19.8 Å². The zero-order valence-electron chi connectivity index (χ0n) is 9.86. The fraction of sp³-hybridized carbons (Fsp3) is 0.462. The van der Waals surface area contributed by atoms with Crippen LogP contribution in [0.2, 0.25) is 0 Å². The van der Waals surface area contributed by atoms with E-state index in [4.69, 9.17) is 4.74 Å². The summed E-state index contributed by atoms with van der Waals surface area (Å²) in [6.07, 6.45) is 1.83. The molecule has 0 radical (unpaired) electrons. The van der Waals surface area contributed by atoms with Gasteiger partial charge in [-0.1, -0.05) is 0 Å². The summed E-state index contributed by atoms with van der Waals surface area (Å²) in [5, 5.41) is 0. The van der Waals surface area contributed by atoms with Gasteiger partial charge in [0.25, 0.3) is 5.91 Å². The SMILES string of the molecule is CC(Oc1ccc(I)cc1)C(=O)N1CCCC1. The van der Waals surface area contributed by atoms with Gasteiger partial charge < -0.3 is 9.64 Å². The third-order valence-electron chi connectivity index (χ3n) is 2.89. The highest BCUT2D eigenvalue weighted by Crippen LogP contribution is 2.17. The molecule has 17 heavy (non-hydrogen) atoms. The summed E-state index contributed by atoms with van der Waals surface area (Å²) in [5.74, 6) is 0.853. The van der Waals surface area contributed by atoms with Crippen molar-refractivity contribution in [1.29, 1.82) is 0 Å². The molecule has 0 bridgehead atoms. The second-order valence-electron chi connectivity index (χ2n) is 4.25. The predicted octanol–water partition coefficient (Wildman–Crippen LogP) is 2.68. The van der Waals surface area contributed by atoms with E-state index >= 15 is 0 Å². The third kappa shape index (κ3) is 3.34. The number of halogens is 1. The van der Waals surface area contributed by atoms with Crippen LogP contribution >= 0.6 is 22.6 Å². The van der Waals surface area contributed by atoms with Gasteiger partial charge >= 0.3 is 0 Å². The summed E-state index contributed by atoms with van der Waals surface area (Å²) in [5.41, 5.74) is 0. The van der Waals surface area contributed by atoms with Gasteiger partial charge in [0, 0.05) is 16.7 Å². The Bertz CT molecular complexity index is 385. The molecule has 1 atom stereocenters. The second kappa shape index (κ2) is 5.71. The van der Waals surface area contributed by atoms with Crippen LogP contribution in [0.3, 0.4) is 0 Å². The lowest BCUT2D eigenvalue weighted by molar-refractivity contribution is -0.136. The number of nitrogens with zero attached hydrogens (tertiary/aromatic N) is 1. The van der Waals surface area contributed by atoms with Gasteiger partial charge in [-0.05, 0) is 66.6 Å². The summed E-state index contributed by atoms with van der Waals surface area (Å²) in [4.78, 5) is 13.9. The van der Waals surface area contributed by atoms with E-state index in [1.165, 1.54) is 0 Å². The largest absolute Gasteiger partial charge is 0.481 e. The molecule has 0 spiro atoms. The van der Waals surface area contributed by atoms with E-state index in [1.54, 1.807) is 0 Å². The first-order valence-electron chi connectivity index (χ1n) is 5.88. The summed E-state index contributed by atoms with van der Waals surface area (Å²) in [6.45, 7) is 3.57. The number of rotatable bonds is 3. The molecule has 3 nitrogen and oxygen atoms in total. The molecular weight excluding hydrogens is 329 g/mol. The van der Waals surface area contributed by atoms with Crippen LogP contribution in [0, 0.1) is 3.57 Å². The molecule has 92 valence electrons. The van der Waals surface area contributed by atoms with Gasteiger partial charge in [-0.15, -0.1) is 0 Å². The third-order valence-corrected chi connectivity index (χ3v) is 3.61. The maximum absolute atomic E-state index is 12.0. The topological polar surface area (TPSA) is 29.5 Å². The van der Waals surface area contributed by atoms with Crippen molar-refractivity contribution in [2.24, 2.45) is 0 Å². The van der Waals surface area contributed by atoms with Crippen LogP contribution in [0.25, 0.3) is 0 Å². The Balaban J connectivity index is 1.93. The van der Waals surface area contributed by atoms with Crippen LogP contribution in [-0.2, 0) is 4.79 Å². The monoisotopic (exact) mass is 345 g/mol. The van der Waals surface area contributed by atoms with E-state index in [9.17, 15) is 4.79 Å². The molecular formula is C13H16INO2. The zero-order chi connectivity index (χ0) is 12.3. The molecule has 1 heterocycles. The standard InChI is InChI=1S/C13H16INO2/c1-10(13(16)15-8-2-3-9-15)17-12-6-4-11(14)5-7-12/h4-7,10H,2-3,8-9H2,1H3. The number of hydrogen-bond acceptors (Lipinski definition) is 2. The van der Waals surface area contributed by atoms with Gasteiger partial charge in [0.1, 0.15) is 5.75 Å². The number of carbonyl (C=O) groups excluding carboxylic acids is 1. The zero-order valence-corrected chi connectivity index (χ0v) is 12.0. The van der Waals surface area contributed by atoms with Gasteiger partial charge in [0.2, 0.25) is 0 Å². The van der Waals surface area contributed by atoms with Crippen molar-refractivity contribution in [2.45, 2.75) is 25.9 Å². The van der Waals surface area contributed by atoms with Crippen molar-refractivity contribution in [1.82, 2.24) is 4.90 Å². The summed E-state index contributed by atoms with van der Waals surface area (Å²) < 4.78 is 6.81. The lowest BCUT2D eigenvalue weighted by Gasteiger charge is -2.21. The summed E-state index contributed by atoms with van der Waals surface area (Å²) in [7, 11) is 0. The Morgan fingerprint density at radius 2 is 1.88 bits per heavy atom. The summed E-state index contributed by atoms with van der Waals surface area (Å²) >= 11 is 2.24. The van der Waals surface area contributed by atoms with Gasteiger partial charge in [0.15, 0.2) is 6.10 Å². The summed E-state index contributed by atoms with van der Waals surface area (Å²) in [6, 6.07) is 7.75. The fourth-order valence-electron chi connectivity index (χ4n) is 1.96. The van der Waals surface area contributed by atoms with E-state index < -0.39 is 6.10 Å². The molecule has 1 saturated heterocycles. The lowest BCUT2D eigenvalue weighted by atomic mass is 10.3. The molecule has 1 amide bonds. The molecule has 1 aliphatic heterocycles. The van der Waals surface area contributed by atoms with Crippen LogP contribution in [0.4, 0.5) is 0 Å². The number of amides is 1. The fourth-order valence-corrected chi connectivity index (χ4v) is 2.32. The highest BCUT2D eigenvalue weighted by molar-refractivity contribution is 14.1. The van der Waals surface area contributed by atoms with E-state index in [0.29, 0.717) is 0 Å². The van der Waals surface area contributed by atoms with Crippen molar-refractivity contribution in [3.8, 4) is 5.75 Å². The van der Waals surface area contributed by atoms with Crippen molar-refractivity contribution < 1.29 is 9.53 Å². The molecule has 1 fully saturated rings. The number of ether oxygens (including phenoxy) is 1. The minimum absolute atomic E-state index is 0.0982. The first-order valence-corrected chi connectivity index (χ1v) is 6.96. The Morgan fingerprint density at radius 3 is 2.47 bits per heavy atom. The minimum Gasteiger partial charge on any atom is -0.481 e. The maximum atomic E-state index is 12.0. The van der Waals surface area contributed by atoms with Crippen LogP contribution in [-0.4, -0.2) is 30.0 Å². The molecule has 2 rings (SSSR count). The lowest BCUT2D eigenvalue weighted by Crippen LogP contribution is -2.38. The molecule has 0 saturated carbocycles. The average Bonchev–Trinajstić information content (AvgIpc) is 2.84. The molecule has 1 aromatic carbocycles. The highest BCUT2D eigenvalue weighted by atomic mass is 127. The number of likely N-dealkylation sites (tertiary alicyclic amines) is 1. The molecule has 0 aliphatic carbocycles. The normalized spacial score (nSPS) is 16.9. The van der Waals surface area contributed by atoms with E-state index in [2.05, 4.69) is 22.6 Å². The molecule has 0 N–H and O–H groups in total. The highest BCUT2D eigenvalue weighted by Gasteiger charge is 2.24. The number of benzene rings is 1. The number of hydrogen-bond donors (Lipinski definition) is 0. The quantitative estimate of drug-likeness (QED) is 0.789. The van der Waals surface area contributed by atoms with Crippen LogP contribution in [0.15, 0.2) is 24.3 Å². The first kappa shape index (κ1) is 12.7. The molecule has 0 aromatic heterocycles. The Hall–Kier alpha value is -0.780. The molecule has 1 aromatic rings. The van der Waals surface area contributed by atoms with Gasteiger partial charge in [-0.3, -0.25) is 4.79 Å². The van der Waals surface area contributed by atoms with Gasteiger partial charge in [-0.25, -0.2) is 0 Å². The van der Waals surface area contributed by atoms with Gasteiger partial charge in [0.05, 0.1) is 0 Å². The average molecular weight is 345 g/mol. The van der Waals surface area contributed by atoms with Crippen molar-refractivity contribution >= 4 is 28.5 Å². The Kier molecular flexibility index (Phi) is 4.25. The van der Waals surface area contributed by atoms with E-state index in [0.717, 1.165) is 35.3 Å².